The molecule has 0 aromatic heterocycles. The van der Waals surface area contributed by atoms with E-state index in [0.29, 0.717) is 18.1 Å². The van der Waals surface area contributed by atoms with Crippen LogP contribution in [-0.4, -0.2) is 31.1 Å². The van der Waals surface area contributed by atoms with Crippen LogP contribution in [0.3, 0.4) is 0 Å². The second-order valence-corrected chi connectivity index (χ2v) is 6.32. The largest absolute Gasteiger partial charge is 0.376 e. The number of benzene rings is 2. The Balaban J connectivity index is 1.71. The third kappa shape index (κ3) is 5.17. The molecule has 2 N–H and O–H groups in total. The summed E-state index contributed by atoms with van der Waals surface area (Å²) in [4.78, 5) is 17.0. The molecular formula is C21H25N3O2. The fraction of sp³-hybridized carbons (Fsp3) is 0.333. The average molecular weight is 351 g/mol. The Morgan fingerprint density at radius 3 is 2.58 bits per heavy atom. The van der Waals surface area contributed by atoms with Gasteiger partial charge >= 0.3 is 0 Å². The molecule has 1 saturated heterocycles. The lowest BCUT2D eigenvalue weighted by Gasteiger charge is -2.13. The molecule has 136 valence electrons. The summed E-state index contributed by atoms with van der Waals surface area (Å²) in [7, 11) is 0. The van der Waals surface area contributed by atoms with Crippen LogP contribution in [0.4, 0.5) is 5.69 Å². The van der Waals surface area contributed by atoms with Crippen molar-refractivity contribution in [2.24, 2.45) is 4.99 Å². The Morgan fingerprint density at radius 2 is 1.92 bits per heavy atom. The first-order valence-electron chi connectivity index (χ1n) is 9.13. The van der Waals surface area contributed by atoms with Crippen molar-refractivity contribution in [2.45, 2.75) is 32.3 Å². The van der Waals surface area contributed by atoms with Gasteiger partial charge in [0.05, 0.1) is 12.6 Å². The van der Waals surface area contributed by atoms with E-state index in [4.69, 9.17) is 4.74 Å². The summed E-state index contributed by atoms with van der Waals surface area (Å²) in [5, 5.41) is 6.10. The predicted octanol–water partition coefficient (Wildman–Crippen LogP) is 3.63. The van der Waals surface area contributed by atoms with Crippen molar-refractivity contribution < 1.29 is 9.53 Å². The normalized spacial score (nSPS) is 17.1. The molecule has 0 radical (unpaired) electrons. The molecule has 0 saturated carbocycles. The molecule has 5 nitrogen and oxygen atoms in total. The highest BCUT2D eigenvalue weighted by Crippen LogP contribution is 2.13. The van der Waals surface area contributed by atoms with Crippen molar-refractivity contribution in [2.75, 3.05) is 18.5 Å². The van der Waals surface area contributed by atoms with Gasteiger partial charge < -0.3 is 10.1 Å². The lowest BCUT2D eigenvalue weighted by molar-refractivity contribution is 0.0975. The van der Waals surface area contributed by atoms with Gasteiger partial charge in [-0.2, -0.15) is 0 Å². The fourth-order valence-electron chi connectivity index (χ4n) is 2.82. The highest BCUT2D eigenvalue weighted by molar-refractivity contribution is 6.09. The highest BCUT2D eigenvalue weighted by atomic mass is 16.5. The molecule has 1 aliphatic rings. The monoisotopic (exact) mass is 351 g/mol. The molecule has 1 aliphatic heterocycles. The molecule has 1 heterocycles. The van der Waals surface area contributed by atoms with Gasteiger partial charge in [-0.25, -0.2) is 4.99 Å². The number of amides is 1. The van der Waals surface area contributed by atoms with Crippen LogP contribution < -0.4 is 10.6 Å². The first-order chi connectivity index (χ1) is 12.7. The van der Waals surface area contributed by atoms with Gasteiger partial charge in [0.2, 0.25) is 5.96 Å². The van der Waals surface area contributed by atoms with Gasteiger partial charge in [0, 0.05) is 17.9 Å². The Morgan fingerprint density at radius 1 is 1.15 bits per heavy atom. The number of carbonyl (C=O) groups excluding carboxylic acids is 1. The zero-order valence-electron chi connectivity index (χ0n) is 15.1. The van der Waals surface area contributed by atoms with Gasteiger partial charge in [0.25, 0.3) is 5.91 Å². The molecular weight excluding hydrogens is 326 g/mol. The van der Waals surface area contributed by atoms with Crippen molar-refractivity contribution in [1.29, 1.82) is 0 Å². The van der Waals surface area contributed by atoms with E-state index < -0.39 is 0 Å². The van der Waals surface area contributed by atoms with Crippen molar-refractivity contribution in [1.82, 2.24) is 5.32 Å². The van der Waals surface area contributed by atoms with Crippen molar-refractivity contribution in [3.63, 3.8) is 0 Å². The van der Waals surface area contributed by atoms with E-state index in [2.05, 4.69) is 34.7 Å². The summed E-state index contributed by atoms with van der Waals surface area (Å²) in [6.45, 7) is 3.44. The third-order valence-corrected chi connectivity index (χ3v) is 4.37. The maximum atomic E-state index is 12.5. The van der Waals surface area contributed by atoms with E-state index in [9.17, 15) is 4.79 Å². The molecule has 1 amide bonds. The Hall–Kier alpha value is -2.66. The summed E-state index contributed by atoms with van der Waals surface area (Å²) >= 11 is 0. The van der Waals surface area contributed by atoms with Gasteiger partial charge in [-0.1, -0.05) is 37.3 Å². The van der Waals surface area contributed by atoms with Crippen LogP contribution >= 0.6 is 0 Å². The Labute approximate surface area is 154 Å². The second kappa shape index (κ2) is 9.15. The number of hydrogen-bond donors (Lipinski definition) is 2. The van der Waals surface area contributed by atoms with E-state index in [1.54, 1.807) is 12.1 Å². The highest BCUT2D eigenvalue weighted by Gasteiger charge is 2.16. The van der Waals surface area contributed by atoms with E-state index in [-0.39, 0.29) is 12.0 Å². The number of guanidine groups is 1. The van der Waals surface area contributed by atoms with Crippen LogP contribution in [-0.2, 0) is 11.2 Å². The number of carbonyl (C=O) groups is 1. The van der Waals surface area contributed by atoms with Crippen LogP contribution in [0.5, 0.6) is 0 Å². The number of nitrogens with zero attached hydrogens (tertiary/aromatic N) is 1. The lowest BCUT2D eigenvalue weighted by Crippen LogP contribution is -2.36. The topological polar surface area (TPSA) is 62.7 Å². The van der Waals surface area contributed by atoms with Crippen molar-refractivity contribution in [3.8, 4) is 0 Å². The molecule has 1 fully saturated rings. The zero-order valence-corrected chi connectivity index (χ0v) is 15.1. The molecule has 1 atom stereocenters. The molecule has 2 aromatic rings. The zero-order chi connectivity index (χ0) is 18.2. The molecule has 0 spiro atoms. The number of hydrogen-bond acceptors (Lipinski definition) is 3. The standard InChI is InChI=1S/C21H25N3O2/c1-2-16-10-12-18(13-11-16)23-21(22-15-19-9-6-14-26-19)24-20(25)17-7-4-3-5-8-17/h3-5,7-8,10-13,19H,2,6,9,14-15H2,1H3,(H2,22,23,24,25)/t19-/m1/s1. The van der Waals surface area contributed by atoms with Gasteiger partial charge in [-0.15, -0.1) is 0 Å². The SMILES string of the molecule is CCc1ccc(NC(=NC[C@H]2CCCO2)NC(=O)c2ccccc2)cc1. The van der Waals surface area contributed by atoms with Crippen LogP contribution in [0.15, 0.2) is 59.6 Å². The van der Waals surface area contributed by atoms with E-state index in [1.807, 2.05) is 30.3 Å². The third-order valence-electron chi connectivity index (χ3n) is 4.37. The van der Waals surface area contributed by atoms with E-state index in [1.165, 1.54) is 5.56 Å². The van der Waals surface area contributed by atoms with Crippen LogP contribution in [0, 0.1) is 0 Å². The van der Waals surface area contributed by atoms with Gasteiger partial charge in [-0.05, 0) is 49.1 Å². The van der Waals surface area contributed by atoms with Crippen LogP contribution in [0.1, 0.15) is 35.7 Å². The van der Waals surface area contributed by atoms with Crippen molar-refractivity contribution in [3.05, 3.63) is 65.7 Å². The number of aryl methyl sites for hydroxylation is 1. The summed E-state index contributed by atoms with van der Waals surface area (Å²) in [6.07, 6.45) is 3.19. The van der Waals surface area contributed by atoms with E-state index in [0.717, 1.165) is 31.6 Å². The quantitative estimate of drug-likeness (QED) is 0.639. The second-order valence-electron chi connectivity index (χ2n) is 6.32. The first kappa shape index (κ1) is 18.1. The number of rotatable bonds is 5. The van der Waals surface area contributed by atoms with E-state index >= 15 is 0 Å². The molecule has 0 bridgehead atoms. The molecule has 5 heteroatoms. The van der Waals surface area contributed by atoms with Crippen LogP contribution in [0.25, 0.3) is 0 Å². The number of nitrogens with one attached hydrogen (secondary N) is 2. The van der Waals surface area contributed by atoms with Gasteiger partial charge in [0.15, 0.2) is 0 Å². The molecule has 0 aliphatic carbocycles. The smallest absolute Gasteiger partial charge is 0.257 e. The Kier molecular flexibility index (Phi) is 6.39. The summed E-state index contributed by atoms with van der Waals surface area (Å²) in [5.74, 6) is 0.257. The van der Waals surface area contributed by atoms with Crippen molar-refractivity contribution >= 4 is 17.6 Å². The minimum Gasteiger partial charge on any atom is -0.376 e. The lowest BCUT2D eigenvalue weighted by atomic mass is 10.1. The molecule has 2 aromatic carbocycles. The maximum Gasteiger partial charge on any atom is 0.257 e. The Bertz CT molecular complexity index is 736. The molecule has 0 unspecified atom stereocenters. The summed E-state index contributed by atoms with van der Waals surface area (Å²) < 4.78 is 5.63. The minimum atomic E-state index is -0.186. The number of aliphatic imine (C=N–C) groups is 1. The fourth-order valence-corrected chi connectivity index (χ4v) is 2.82. The number of anilines is 1. The predicted molar refractivity (Wildman–Crippen MR) is 105 cm³/mol. The maximum absolute atomic E-state index is 12.5. The molecule has 3 rings (SSSR count). The van der Waals surface area contributed by atoms with Gasteiger partial charge in [0.1, 0.15) is 0 Å². The first-order valence-corrected chi connectivity index (χ1v) is 9.13. The van der Waals surface area contributed by atoms with Gasteiger partial charge in [-0.3, -0.25) is 10.1 Å². The summed E-state index contributed by atoms with van der Waals surface area (Å²) in [6, 6.07) is 17.3. The summed E-state index contributed by atoms with van der Waals surface area (Å²) in [5.41, 5.74) is 2.75. The van der Waals surface area contributed by atoms with Crippen LogP contribution in [0.2, 0.25) is 0 Å². The average Bonchev–Trinajstić information content (AvgIpc) is 3.21. The minimum absolute atomic E-state index is 0.128. The number of ether oxygens (including phenoxy) is 1. The molecule has 26 heavy (non-hydrogen) atoms.